The van der Waals surface area contributed by atoms with Crippen molar-refractivity contribution in [2.24, 2.45) is 0 Å². The molecule has 4 nitrogen and oxygen atoms in total. The van der Waals surface area contributed by atoms with Gasteiger partial charge < -0.3 is 13.7 Å². The van der Waals surface area contributed by atoms with Crippen molar-refractivity contribution in [3.8, 4) is 44.8 Å². The fourth-order valence-corrected chi connectivity index (χ4v) is 9.87. The summed E-state index contributed by atoms with van der Waals surface area (Å²) in [6.07, 6.45) is 0. The Morgan fingerprint density at radius 2 is 1.02 bits per heavy atom. The minimum Gasteiger partial charge on any atom is -0.456 e. The van der Waals surface area contributed by atoms with Gasteiger partial charge >= 0.3 is 0 Å². The van der Waals surface area contributed by atoms with Crippen LogP contribution in [0.4, 0.5) is 17.1 Å². The number of fused-ring (bicyclic) bond motifs is 7. The molecule has 0 saturated heterocycles. The van der Waals surface area contributed by atoms with Crippen LogP contribution in [0.15, 0.2) is 215 Å². The molecule has 60 heavy (non-hydrogen) atoms. The van der Waals surface area contributed by atoms with Crippen LogP contribution < -0.4 is 4.90 Å². The normalized spacial score (nSPS) is 11.7. The number of furan rings is 1. The second kappa shape index (κ2) is 14.0. The van der Waals surface area contributed by atoms with E-state index in [4.69, 9.17) is 13.8 Å². The Balaban J connectivity index is 1.02. The van der Waals surface area contributed by atoms with Crippen LogP contribution in [0, 0.1) is 0 Å². The largest absolute Gasteiger partial charge is 0.456 e. The van der Waals surface area contributed by atoms with E-state index in [-0.39, 0.29) is 0 Å². The Morgan fingerprint density at radius 1 is 0.400 bits per heavy atom. The first-order valence-corrected chi connectivity index (χ1v) is 20.9. The second-order valence-corrected chi connectivity index (χ2v) is 16.2. The number of benzene rings is 9. The van der Waals surface area contributed by atoms with Crippen LogP contribution in [0.5, 0.6) is 0 Å². The SMILES string of the molecule is c1ccc(-c2ccc(N(c3ccc(-c4c5oc(-c6ccccc6)nc5cc5oc6ccccc6c45)cc3)c3cccc(-c4cccc5sc6ccccc6c45)c3)cc2)cc1. The van der Waals surface area contributed by atoms with E-state index in [1.165, 1.54) is 42.4 Å². The van der Waals surface area contributed by atoms with E-state index in [2.05, 4.69) is 163 Å². The molecule has 0 aliphatic heterocycles. The summed E-state index contributed by atoms with van der Waals surface area (Å²) in [6, 6.07) is 72.8. The number of anilines is 3. The van der Waals surface area contributed by atoms with Crippen LogP contribution in [0.2, 0.25) is 0 Å². The number of hydrogen-bond donors (Lipinski definition) is 0. The maximum atomic E-state index is 6.67. The Hall–Kier alpha value is -7.73. The van der Waals surface area contributed by atoms with Gasteiger partial charge in [0, 0.05) is 65.2 Å². The van der Waals surface area contributed by atoms with Gasteiger partial charge in [-0.15, -0.1) is 11.3 Å². The Labute approximate surface area is 349 Å². The molecule has 0 spiro atoms. The highest BCUT2D eigenvalue weighted by Gasteiger charge is 2.22. The van der Waals surface area contributed by atoms with Crippen LogP contribution in [-0.4, -0.2) is 4.98 Å². The zero-order chi connectivity index (χ0) is 39.6. The van der Waals surface area contributed by atoms with Gasteiger partial charge in [-0.25, -0.2) is 4.98 Å². The second-order valence-electron chi connectivity index (χ2n) is 15.1. The third-order valence-corrected chi connectivity index (χ3v) is 12.6. The molecule has 12 aromatic rings. The predicted molar refractivity (Wildman–Crippen MR) is 251 cm³/mol. The quantitative estimate of drug-likeness (QED) is 0.161. The molecule has 3 heterocycles. The molecule has 0 atom stereocenters. The van der Waals surface area contributed by atoms with Crippen molar-refractivity contribution in [2.75, 3.05) is 4.90 Å². The summed E-state index contributed by atoms with van der Waals surface area (Å²) in [7, 11) is 0. The molecule has 0 fully saturated rings. The van der Waals surface area contributed by atoms with Crippen molar-refractivity contribution >= 4 is 81.6 Å². The van der Waals surface area contributed by atoms with E-state index < -0.39 is 0 Å². The molecule has 12 rings (SSSR count). The van der Waals surface area contributed by atoms with Gasteiger partial charge in [0.05, 0.1) is 0 Å². The van der Waals surface area contributed by atoms with Crippen molar-refractivity contribution in [2.45, 2.75) is 0 Å². The Kier molecular flexibility index (Phi) is 8.00. The van der Waals surface area contributed by atoms with Crippen molar-refractivity contribution in [3.05, 3.63) is 206 Å². The molecule has 0 N–H and O–H groups in total. The summed E-state index contributed by atoms with van der Waals surface area (Å²) < 4.78 is 15.7. The van der Waals surface area contributed by atoms with Crippen molar-refractivity contribution < 1.29 is 8.83 Å². The van der Waals surface area contributed by atoms with Crippen LogP contribution in [0.1, 0.15) is 0 Å². The minimum atomic E-state index is 0.580. The van der Waals surface area contributed by atoms with E-state index in [0.29, 0.717) is 5.89 Å². The third-order valence-electron chi connectivity index (χ3n) is 11.5. The summed E-state index contributed by atoms with van der Waals surface area (Å²) in [5.41, 5.74) is 13.9. The summed E-state index contributed by atoms with van der Waals surface area (Å²) in [6.45, 7) is 0. The van der Waals surface area contributed by atoms with Gasteiger partial charge in [-0.05, 0) is 94.5 Å². The molecule has 282 valence electrons. The number of nitrogens with zero attached hydrogens (tertiary/aromatic N) is 2. The lowest BCUT2D eigenvalue weighted by molar-refractivity contribution is 0.621. The highest BCUT2D eigenvalue weighted by atomic mass is 32.1. The first kappa shape index (κ1) is 34.3. The van der Waals surface area contributed by atoms with Gasteiger partial charge in [-0.3, -0.25) is 0 Å². The van der Waals surface area contributed by atoms with Crippen LogP contribution in [-0.2, 0) is 0 Å². The van der Waals surface area contributed by atoms with Gasteiger partial charge in [0.1, 0.15) is 16.7 Å². The number of para-hydroxylation sites is 1. The van der Waals surface area contributed by atoms with Crippen molar-refractivity contribution in [1.29, 1.82) is 0 Å². The van der Waals surface area contributed by atoms with Gasteiger partial charge in [-0.2, -0.15) is 0 Å². The molecule has 0 aliphatic carbocycles. The fourth-order valence-electron chi connectivity index (χ4n) is 8.74. The Morgan fingerprint density at radius 3 is 1.80 bits per heavy atom. The van der Waals surface area contributed by atoms with Gasteiger partial charge in [-0.1, -0.05) is 133 Å². The topological polar surface area (TPSA) is 42.4 Å². The summed E-state index contributed by atoms with van der Waals surface area (Å²) in [4.78, 5) is 7.32. The number of thiophene rings is 1. The average Bonchev–Trinajstić information content (AvgIpc) is 4.03. The minimum absolute atomic E-state index is 0.580. The molecule has 3 aromatic heterocycles. The number of rotatable bonds is 7. The summed E-state index contributed by atoms with van der Waals surface area (Å²) >= 11 is 1.85. The highest BCUT2D eigenvalue weighted by Crippen LogP contribution is 2.46. The molecule has 0 aliphatic rings. The summed E-state index contributed by atoms with van der Waals surface area (Å²) in [5.74, 6) is 0.580. The monoisotopic (exact) mass is 786 g/mol. The summed E-state index contributed by atoms with van der Waals surface area (Å²) in [5, 5.41) is 4.64. The average molecular weight is 787 g/mol. The first-order chi connectivity index (χ1) is 29.7. The van der Waals surface area contributed by atoms with Crippen molar-refractivity contribution in [3.63, 3.8) is 0 Å². The lowest BCUT2D eigenvalue weighted by Gasteiger charge is -2.26. The maximum absolute atomic E-state index is 6.67. The number of oxazole rings is 1. The van der Waals surface area contributed by atoms with Crippen LogP contribution in [0.3, 0.4) is 0 Å². The third kappa shape index (κ3) is 5.70. The fraction of sp³-hybridized carbons (Fsp3) is 0. The first-order valence-electron chi connectivity index (χ1n) is 20.1. The molecule has 0 radical (unpaired) electrons. The number of hydrogen-bond acceptors (Lipinski definition) is 5. The van der Waals surface area contributed by atoms with Crippen LogP contribution in [0.25, 0.3) is 98.0 Å². The standard InChI is InChI=1S/C55H34N2O2S/c1-3-13-35(14-4-1)36-25-29-40(30-26-36)57(42-18-11-17-39(33-42)43-21-12-24-50-52(43)45-20-8-10-23-49(45)60-50)41-31-27-37(28-32-41)51-53-44-19-7-9-22-47(44)58-48(53)34-46-54(51)59-55(56-46)38-15-5-2-6-16-38/h1-34H. The van der Waals surface area contributed by atoms with E-state index in [1.54, 1.807) is 0 Å². The molecule has 0 unspecified atom stereocenters. The van der Waals surface area contributed by atoms with E-state index in [0.717, 1.165) is 66.8 Å². The van der Waals surface area contributed by atoms with Gasteiger partial charge in [0.15, 0.2) is 5.58 Å². The Bertz CT molecular complexity index is 3530. The molecule has 0 amide bonds. The molecular weight excluding hydrogens is 753 g/mol. The zero-order valence-electron chi connectivity index (χ0n) is 32.2. The predicted octanol–water partition coefficient (Wildman–Crippen LogP) is 16.2. The van der Waals surface area contributed by atoms with Gasteiger partial charge in [0.25, 0.3) is 0 Å². The van der Waals surface area contributed by atoms with Crippen LogP contribution >= 0.6 is 11.3 Å². The highest BCUT2D eigenvalue weighted by molar-refractivity contribution is 7.25. The molecule has 0 bridgehead atoms. The van der Waals surface area contributed by atoms with Gasteiger partial charge in [0.2, 0.25) is 5.89 Å². The van der Waals surface area contributed by atoms with E-state index in [9.17, 15) is 0 Å². The zero-order valence-corrected chi connectivity index (χ0v) is 33.1. The van der Waals surface area contributed by atoms with E-state index >= 15 is 0 Å². The smallest absolute Gasteiger partial charge is 0.227 e. The van der Waals surface area contributed by atoms with Crippen molar-refractivity contribution in [1.82, 2.24) is 4.98 Å². The maximum Gasteiger partial charge on any atom is 0.227 e. The number of aromatic nitrogens is 1. The molecular formula is C55H34N2O2S. The molecule has 9 aromatic carbocycles. The lowest BCUT2D eigenvalue weighted by Crippen LogP contribution is -2.10. The molecule has 0 saturated carbocycles. The lowest BCUT2D eigenvalue weighted by atomic mass is 9.97. The van der Waals surface area contributed by atoms with E-state index in [1.807, 2.05) is 59.9 Å². The molecule has 5 heteroatoms.